The Morgan fingerprint density at radius 2 is 1.20 bits per heavy atom. The highest BCUT2D eigenvalue weighted by Crippen LogP contribution is 2.51. The van der Waals surface area contributed by atoms with Gasteiger partial charge in [0.05, 0.1) is 52.9 Å². The van der Waals surface area contributed by atoms with Crippen LogP contribution in [0.5, 0.6) is 0 Å². The van der Waals surface area contributed by atoms with Crippen LogP contribution in [-0.2, 0) is 46.6 Å². The van der Waals surface area contributed by atoms with Gasteiger partial charge in [0, 0.05) is 62.1 Å². The summed E-state index contributed by atoms with van der Waals surface area (Å²) in [7, 11) is -3.24. The lowest BCUT2D eigenvalue weighted by Gasteiger charge is -2.38. The van der Waals surface area contributed by atoms with Gasteiger partial charge in [-0.1, -0.05) is 0 Å². The Hall–Kier alpha value is -2.66. The molecule has 2 fully saturated rings. The summed E-state index contributed by atoms with van der Waals surface area (Å²) in [5, 5.41) is 10.6. The molecule has 24 heteroatoms. The summed E-state index contributed by atoms with van der Waals surface area (Å²) in [4.78, 5) is 56.7. The van der Waals surface area contributed by atoms with Gasteiger partial charge in [-0.15, -0.1) is 0 Å². The van der Waals surface area contributed by atoms with E-state index in [1.807, 2.05) is 27.7 Å². The second kappa shape index (κ2) is 26.2. The third kappa shape index (κ3) is 17.1. The quantitative estimate of drug-likeness (QED) is 0.0773. The molecule has 21 nitrogen and oxygen atoms in total. The molecule has 0 amide bonds. The fourth-order valence-corrected chi connectivity index (χ4v) is 10.7. The highest BCUT2D eigenvalue weighted by molar-refractivity contribution is 7.62. The van der Waals surface area contributed by atoms with Crippen LogP contribution >= 0.6 is 22.8 Å². The number of nitrogens with one attached hydrogen (secondary N) is 2. The molecular formula is C41H71N6O15P3. The molecule has 2 aliphatic heterocycles. The van der Waals surface area contributed by atoms with E-state index in [1.165, 1.54) is 28.6 Å². The van der Waals surface area contributed by atoms with Crippen LogP contribution in [0, 0.1) is 20.4 Å². The first kappa shape index (κ1) is 56.7. The molecular weight excluding hydrogens is 909 g/mol. The van der Waals surface area contributed by atoms with E-state index >= 15 is 0 Å². The van der Waals surface area contributed by atoms with Crippen LogP contribution in [0.4, 0.5) is 0 Å². The molecule has 2 aromatic rings. The van der Waals surface area contributed by atoms with E-state index < -0.39 is 94.4 Å². The van der Waals surface area contributed by atoms with Gasteiger partial charge in [-0.2, -0.15) is 0 Å². The van der Waals surface area contributed by atoms with Gasteiger partial charge >= 0.3 is 11.4 Å². The Bertz CT molecular complexity index is 2170. The Labute approximate surface area is 382 Å². The fourth-order valence-electron chi connectivity index (χ4n) is 7.19. The lowest BCUT2D eigenvalue weighted by Crippen LogP contribution is -2.42. The van der Waals surface area contributed by atoms with E-state index in [1.54, 1.807) is 47.6 Å². The summed E-state index contributed by atoms with van der Waals surface area (Å²) >= 11 is 0. The maximum absolute atomic E-state index is 12.9. The predicted molar refractivity (Wildman–Crippen MR) is 248 cm³/mol. The fraction of sp³-hybridized carbons (Fsp3) is 0.780. The normalized spacial score (nSPS) is 24.1. The lowest BCUT2D eigenvalue weighted by molar-refractivity contribution is -0.0797. The van der Waals surface area contributed by atoms with Crippen molar-refractivity contribution in [3.05, 3.63) is 76.6 Å². The number of hydrogen-bond donors (Lipinski definition) is 3. The zero-order chi connectivity index (χ0) is 48.8. The number of aliphatic hydroxyl groups excluding tert-OH is 1. The number of nitrogens with zero attached hydrogens (tertiary/aromatic N) is 4. The molecule has 370 valence electrons. The number of aromatic nitrogens is 4. The zero-order valence-electron chi connectivity index (χ0n) is 39.8. The summed E-state index contributed by atoms with van der Waals surface area (Å²) in [6.45, 7) is 26.7. The molecule has 0 bridgehead atoms. The van der Waals surface area contributed by atoms with Crippen molar-refractivity contribution in [1.82, 2.24) is 23.8 Å². The number of ether oxygens (including phenoxy) is 6. The van der Waals surface area contributed by atoms with E-state index in [9.17, 15) is 33.4 Å². The minimum atomic E-state index is -2.39. The van der Waals surface area contributed by atoms with Crippen LogP contribution < -0.4 is 22.5 Å². The first-order valence-electron chi connectivity index (χ1n) is 21.6. The minimum Gasteiger partial charge on any atom is -0.388 e. The summed E-state index contributed by atoms with van der Waals surface area (Å²) in [6, 6.07) is 0.147. The average Bonchev–Trinajstić information content (AvgIpc) is 3.70. The maximum atomic E-state index is 12.9. The highest BCUT2D eigenvalue weighted by atomic mass is 31.2. The van der Waals surface area contributed by atoms with Gasteiger partial charge in [0.15, 0.2) is 12.5 Å². The molecule has 0 aliphatic carbocycles. The number of hydrogen-bond acceptors (Lipinski definition) is 16. The van der Waals surface area contributed by atoms with Crippen LogP contribution in [0.25, 0.3) is 4.85 Å². The van der Waals surface area contributed by atoms with Crippen LogP contribution in [0.1, 0.15) is 64.1 Å². The summed E-state index contributed by atoms with van der Waals surface area (Å²) in [5.41, 5.74) is -1.54. The Morgan fingerprint density at radius 3 is 1.65 bits per heavy atom. The number of rotatable bonds is 24. The van der Waals surface area contributed by atoms with Crippen LogP contribution in [0.2, 0.25) is 0 Å². The van der Waals surface area contributed by atoms with Gasteiger partial charge in [-0.05, 0) is 81.0 Å². The molecule has 65 heavy (non-hydrogen) atoms. The number of aliphatic hydroxyl groups is 1. The highest BCUT2D eigenvalue weighted by Gasteiger charge is 2.50. The maximum Gasteiger partial charge on any atom is 0.330 e. The van der Waals surface area contributed by atoms with Gasteiger partial charge in [0.1, 0.15) is 31.0 Å². The molecule has 3 N–H and O–H groups in total. The van der Waals surface area contributed by atoms with E-state index in [0.29, 0.717) is 49.5 Å². The largest absolute Gasteiger partial charge is 0.388 e. The van der Waals surface area contributed by atoms with Gasteiger partial charge < -0.3 is 56.6 Å². The average molecular weight is 981 g/mol. The van der Waals surface area contributed by atoms with Gasteiger partial charge in [-0.3, -0.25) is 28.7 Å². The Morgan fingerprint density at radius 1 is 0.754 bits per heavy atom. The summed E-state index contributed by atoms with van der Waals surface area (Å²) in [5.74, 6) is 0. The van der Waals surface area contributed by atoms with Gasteiger partial charge in [0.25, 0.3) is 19.6 Å². The first-order valence-corrected chi connectivity index (χ1v) is 28.3. The second-order valence-corrected chi connectivity index (χ2v) is 26.1. The molecule has 0 saturated carbocycles. The zero-order valence-corrected chi connectivity index (χ0v) is 42.5. The van der Waals surface area contributed by atoms with Crippen LogP contribution in [0.15, 0.2) is 31.6 Å². The van der Waals surface area contributed by atoms with Crippen molar-refractivity contribution in [2.24, 2.45) is 0 Å². The number of aromatic amines is 2. The van der Waals surface area contributed by atoms with Crippen molar-refractivity contribution in [3.63, 3.8) is 0 Å². The standard InChI is InChI=1S/C25H44N4O8P2.C16H27N2O7P/c1-17(2)29(18(3)4)38(35-12-11-26-6)37-21-20(10-15-39(8,9)32)36-24(22(21)34-14-13-33-7)28-16-19(5)23(30)27-25(28)31;1-10-9-18(16(21)17-14(10)20)15-13(24-7-6-23-2)12(19)11(25-15)5-8-26(3,4)22/h16-18,20-22,24H,10-15H2,1-5,7-9H3,(H,27,30,31);9,11-13,15,19H,5-8H2,1-4H3,(H,17,20,21)/t20-,21-,22-,24-,38?;11-,12-,13-,15-/m11/s1. The lowest BCUT2D eigenvalue weighted by atomic mass is 10.1. The van der Waals surface area contributed by atoms with E-state index in [2.05, 4.69) is 19.5 Å². The topological polar surface area (TPSA) is 246 Å². The number of methoxy groups -OCH3 is 2. The summed E-state index contributed by atoms with van der Waals surface area (Å²) in [6.07, 6.45) is -1.86. The molecule has 1 unspecified atom stereocenters. The van der Waals surface area contributed by atoms with Crippen molar-refractivity contribution < 1.29 is 51.7 Å². The molecule has 2 saturated heterocycles. The van der Waals surface area contributed by atoms with E-state index in [0.717, 1.165) is 0 Å². The molecule has 2 aromatic heterocycles. The van der Waals surface area contributed by atoms with Crippen molar-refractivity contribution in [2.75, 3.05) is 92.8 Å². The third-order valence-corrected chi connectivity index (χ3v) is 15.2. The predicted octanol–water partition coefficient (Wildman–Crippen LogP) is 3.60. The second-order valence-electron chi connectivity index (χ2n) is 17.5. The van der Waals surface area contributed by atoms with E-state index in [-0.39, 0.29) is 38.4 Å². The van der Waals surface area contributed by atoms with Crippen molar-refractivity contribution in [1.29, 1.82) is 0 Å². The van der Waals surface area contributed by atoms with Crippen molar-refractivity contribution in [3.8, 4) is 0 Å². The third-order valence-electron chi connectivity index (χ3n) is 10.4. The van der Waals surface area contributed by atoms with E-state index in [4.69, 9.17) is 44.0 Å². The number of H-pyrrole nitrogens is 2. The molecule has 0 spiro atoms. The Kier molecular flexibility index (Phi) is 22.8. The molecule has 4 heterocycles. The monoisotopic (exact) mass is 980 g/mol. The molecule has 0 aromatic carbocycles. The first-order chi connectivity index (χ1) is 30.4. The summed E-state index contributed by atoms with van der Waals surface area (Å²) < 4.78 is 76.5. The molecule has 0 radical (unpaired) electrons. The van der Waals surface area contributed by atoms with Crippen molar-refractivity contribution in [2.45, 2.75) is 116 Å². The SMILES string of the molecule is COCCO[C@@H]1[C@H](O)[C@@H](CCP(C)(C)=O)O[C@H]1n1cc(C)c(=O)[nH]c1=O.[C-]#[N+]CCOP(O[C@H]1[C@@H](OCCOC)[C@H](n2cc(C)c(=O)[nH]c2=O)O[C@@H]1CCP(C)(C)=O)N(C(C)C)C(C)C. The van der Waals surface area contributed by atoms with Gasteiger partial charge in [0.2, 0.25) is 6.54 Å². The van der Waals surface area contributed by atoms with Gasteiger partial charge in [-0.25, -0.2) is 20.8 Å². The molecule has 2 aliphatic rings. The smallest absolute Gasteiger partial charge is 0.330 e. The van der Waals surface area contributed by atoms with Crippen molar-refractivity contribution >= 4 is 22.8 Å². The number of aryl methyl sites for hydroxylation is 2. The minimum absolute atomic E-state index is 0.0736. The molecule has 4 rings (SSSR count). The Balaban J connectivity index is 0.000000374. The van der Waals surface area contributed by atoms with Crippen LogP contribution in [0.3, 0.4) is 0 Å². The molecule has 9 atom stereocenters. The van der Waals surface area contributed by atoms with Crippen LogP contribution in [-0.4, -0.2) is 170 Å².